The second-order valence-electron chi connectivity index (χ2n) is 17.6. The fourth-order valence-electron chi connectivity index (χ4n) is 7.02. The Morgan fingerprint density at radius 2 is 0.648 bits per heavy atom. The van der Waals surface area contributed by atoms with Crippen molar-refractivity contribution in [1.82, 2.24) is 0 Å². The molecule has 6 nitrogen and oxygen atoms in total. The van der Waals surface area contributed by atoms with Crippen molar-refractivity contribution in [3.8, 4) is 0 Å². The molecule has 0 spiro atoms. The third kappa shape index (κ3) is 40.1. The fourth-order valence-corrected chi connectivity index (χ4v) is 7.02. The summed E-state index contributed by atoms with van der Waals surface area (Å²) in [5.74, 6) is 1.58. The van der Waals surface area contributed by atoms with Gasteiger partial charge < -0.3 is 14.2 Å². The summed E-state index contributed by atoms with van der Waals surface area (Å²) < 4.78 is 16.7. The maximum atomic E-state index is 12.7. The molecule has 0 bridgehead atoms. The third-order valence-corrected chi connectivity index (χ3v) is 11.0. The van der Waals surface area contributed by atoms with Crippen LogP contribution in [0, 0.1) is 17.8 Å². The molecule has 0 saturated heterocycles. The van der Waals surface area contributed by atoms with Gasteiger partial charge in [-0.3, -0.25) is 14.4 Å². The quantitative estimate of drug-likeness (QED) is 0.0350. The lowest BCUT2D eigenvalue weighted by atomic mass is 10.00. The van der Waals surface area contributed by atoms with E-state index in [9.17, 15) is 14.4 Å². The zero-order chi connectivity index (χ0) is 39.9. The highest BCUT2D eigenvalue weighted by atomic mass is 16.6. The van der Waals surface area contributed by atoms with Crippen molar-refractivity contribution < 1.29 is 28.6 Å². The standard InChI is InChI=1S/C48H92O6/c1-7-44(6)36-30-24-20-21-26-32-38-47(50)53-41-45(40-52-46(49)37-31-25-18-15-14-17-23-29-35-43(4)5)54-48(51)39-33-27-19-13-11-9-8-10-12-16-22-28-34-42(2)3/h42-45H,7-41H2,1-6H3/t44?,45-/m1/s1. The molecule has 0 aliphatic carbocycles. The van der Waals surface area contributed by atoms with E-state index in [4.69, 9.17) is 14.2 Å². The summed E-state index contributed by atoms with van der Waals surface area (Å²) >= 11 is 0. The SMILES string of the molecule is CCC(C)CCCCCCCCC(=O)OC[C@@H](COC(=O)CCCCCCCCCCC(C)C)OC(=O)CCCCCCCCCCCCCCC(C)C. The molecule has 2 atom stereocenters. The van der Waals surface area contributed by atoms with E-state index in [1.807, 2.05) is 0 Å². The van der Waals surface area contributed by atoms with Gasteiger partial charge in [0.05, 0.1) is 0 Å². The summed E-state index contributed by atoms with van der Waals surface area (Å²) in [6, 6.07) is 0. The normalized spacial score (nSPS) is 12.7. The Morgan fingerprint density at radius 1 is 0.370 bits per heavy atom. The second-order valence-corrected chi connectivity index (χ2v) is 17.6. The van der Waals surface area contributed by atoms with Gasteiger partial charge in [-0.25, -0.2) is 0 Å². The molecule has 0 aromatic heterocycles. The first-order valence-corrected chi connectivity index (χ1v) is 23.6. The fraction of sp³-hybridized carbons (Fsp3) is 0.938. The lowest BCUT2D eigenvalue weighted by Crippen LogP contribution is -2.30. The van der Waals surface area contributed by atoms with Crippen molar-refractivity contribution in [2.75, 3.05) is 13.2 Å². The highest BCUT2D eigenvalue weighted by Gasteiger charge is 2.19. The number of ether oxygens (including phenoxy) is 3. The van der Waals surface area contributed by atoms with Gasteiger partial charge in [0.1, 0.15) is 13.2 Å². The summed E-state index contributed by atoms with van der Waals surface area (Å²) in [4.78, 5) is 37.7. The van der Waals surface area contributed by atoms with Crippen LogP contribution in [0.2, 0.25) is 0 Å². The monoisotopic (exact) mass is 765 g/mol. The van der Waals surface area contributed by atoms with Crippen molar-refractivity contribution in [2.45, 2.75) is 260 Å². The molecular weight excluding hydrogens is 673 g/mol. The summed E-state index contributed by atoms with van der Waals surface area (Å²) in [5.41, 5.74) is 0. The molecule has 1 unspecified atom stereocenters. The van der Waals surface area contributed by atoms with Gasteiger partial charge in [0, 0.05) is 19.3 Å². The highest BCUT2D eigenvalue weighted by molar-refractivity contribution is 5.71. The number of carbonyl (C=O) groups is 3. The first-order valence-electron chi connectivity index (χ1n) is 23.6. The molecule has 6 heteroatoms. The maximum absolute atomic E-state index is 12.7. The van der Waals surface area contributed by atoms with Crippen LogP contribution in [-0.4, -0.2) is 37.2 Å². The number of unbranched alkanes of at least 4 members (excludes halogenated alkanes) is 23. The minimum atomic E-state index is -0.762. The van der Waals surface area contributed by atoms with E-state index in [2.05, 4.69) is 41.5 Å². The Hall–Kier alpha value is -1.59. The van der Waals surface area contributed by atoms with Crippen LogP contribution in [0.1, 0.15) is 253 Å². The molecule has 54 heavy (non-hydrogen) atoms. The van der Waals surface area contributed by atoms with Crippen LogP contribution in [0.4, 0.5) is 0 Å². The molecule has 0 amide bonds. The van der Waals surface area contributed by atoms with Gasteiger partial charge in [0.25, 0.3) is 0 Å². The lowest BCUT2D eigenvalue weighted by Gasteiger charge is -2.18. The minimum absolute atomic E-state index is 0.0666. The molecule has 0 aliphatic rings. The second kappa shape index (κ2) is 39.6. The van der Waals surface area contributed by atoms with Gasteiger partial charge in [-0.2, -0.15) is 0 Å². The predicted octanol–water partition coefficient (Wildman–Crippen LogP) is 14.8. The van der Waals surface area contributed by atoms with Crippen LogP contribution in [-0.2, 0) is 28.6 Å². The number of hydrogen-bond donors (Lipinski definition) is 0. The zero-order valence-electron chi connectivity index (χ0n) is 37.0. The largest absolute Gasteiger partial charge is 0.462 e. The molecule has 0 radical (unpaired) electrons. The summed E-state index contributed by atoms with van der Waals surface area (Å²) in [6.45, 7) is 13.6. The molecule has 0 aliphatic heterocycles. The molecule has 0 heterocycles. The van der Waals surface area contributed by atoms with Gasteiger partial charge in [0.15, 0.2) is 6.10 Å². The number of rotatable bonds is 41. The van der Waals surface area contributed by atoms with Gasteiger partial charge in [-0.05, 0) is 37.0 Å². The summed E-state index contributed by atoms with van der Waals surface area (Å²) in [7, 11) is 0. The molecule has 0 N–H and O–H groups in total. The first-order chi connectivity index (χ1) is 26.1. The lowest BCUT2D eigenvalue weighted by molar-refractivity contribution is -0.167. The van der Waals surface area contributed by atoms with Crippen molar-refractivity contribution in [3.05, 3.63) is 0 Å². The van der Waals surface area contributed by atoms with Crippen molar-refractivity contribution in [3.63, 3.8) is 0 Å². The molecule has 0 rings (SSSR count). The van der Waals surface area contributed by atoms with Gasteiger partial charge in [0.2, 0.25) is 0 Å². The van der Waals surface area contributed by atoms with E-state index in [1.54, 1.807) is 0 Å². The summed E-state index contributed by atoms with van der Waals surface area (Å²) in [6.07, 6.45) is 36.6. The van der Waals surface area contributed by atoms with E-state index in [-0.39, 0.29) is 31.1 Å². The van der Waals surface area contributed by atoms with E-state index >= 15 is 0 Å². The average molecular weight is 765 g/mol. The summed E-state index contributed by atoms with van der Waals surface area (Å²) in [5, 5.41) is 0. The Kier molecular flexibility index (Phi) is 38.5. The van der Waals surface area contributed by atoms with Crippen molar-refractivity contribution in [2.24, 2.45) is 17.8 Å². The molecule has 0 fully saturated rings. The van der Waals surface area contributed by atoms with Gasteiger partial charge in [-0.15, -0.1) is 0 Å². The number of carbonyl (C=O) groups excluding carboxylic acids is 3. The van der Waals surface area contributed by atoms with E-state index in [0.29, 0.717) is 19.3 Å². The Balaban J connectivity index is 4.34. The molecule has 0 saturated carbocycles. The van der Waals surface area contributed by atoms with Crippen LogP contribution in [0.25, 0.3) is 0 Å². The molecule has 320 valence electrons. The van der Waals surface area contributed by atoms with Crippen LogP contribution < -0.4 is 0 Å². The van der Waals surface area contributed by atoms with Gasteiger partial charge in [-0.1, -0.05) is 215 Å². The van der Waals surface area contributed by atoms with Crippen LogP contribution >= 0.6 is 0 Å². The zero-order valence-corrected chi connectivity index (χ0v) is 37.0. The van der Waals surface area contributed by atoms with E-state index < -0.39 is 6.10 Å². The molecular formula is C48H92O6. The third-order valence-electron chi connectivity index (χ3n) is 11.0. The predicted molar refractivity (Wildman–Crippen MR) is 229 cm³/mol. The van der Waals surface area contributed by atoms with Crippen LogP contribution in [0.5, 0.6) is 0 Å². The van der Waals surface area contributed by atoms with Crippen LogP contribution in [0.3, 0.4) is 0 Å². The average Bonchev–Trinajstić information content (AvgIpc) is 3.14. The number of hydrogen-bond acceptors (Lipinski definition) is 6. The Bertz CT molecular complexity index is 839. The highest BCUT2D eigenvalue weighted by Crippen LogP contribution is 2.17. The number of esters is 3. The minimum Gasteiger partial charge on any atom is -0.462 e. The smallest absolute Gasteiger partial charge is 0.306 e. The first kappa shape index (κ1) is 52.4. The Morgan fingerprint density at radius 3 is 0.963 bits per heavy atom. The van der Waals surface area contributed by atoms with E-state index in [1.165, 1.54) is 135 Å². The maximum Gasteiger partial charge on any atom is 0.306 e. The van der Waals surface area contributed by atoms with Gasteiger partial charge >= 0.3 is 17.9 Å². The Labute approximate surface area is 336 Å². The van der Waals surface area contributed by atoms with Crippen molar-refractivity contribution >= 4 is 17.9 Å². The molecule has 0 aromatic rings. The van der Waals surface area contributed by atoms with Crippen molar-refractivity contribution in [1.29, 1.82) is 0 Å². The van der Waals surface area contributed by atoms with Crippen LogP contribution in [0.15, 0.2) is 0 Å². The topological polar surface area (TPSA) is 78.9 Å². The van der Waals surface area contributed by atoms with E-state index in [0.717, 1.165) is 75.5 Å². The molecule has 0 aromatic carbocycles.